The molecule has 6 nitrogen and oxygen atoms in total. The molecule has 17 heavy (non-hydrogen) atoms. The molecule has 0 aliphatic rings. The van der Waals surface area contributed by atoms with E-state index in [0.717, 1.165) is 4.31 Å². The molecule has 0 atom stereocenters. The smallest absolute Gasteiger partial charge is 0.321 e. The molecule has 0 aromatic carbocycles. The average Bonchev–Trinajstić information content (AvgIpc) is 2.30. The van der Waals surface area contributed by atoms with Crippen LogP contribution in [0.5, 0.6) is 0 Å². The van der Waals surface area contributed by atoms with E-state index in [1.54, 1.807) is 6.92 Å². The molecule has 0 saturated heterocycles. The molecule has 1 aromatic rings. The topological polar surface area (TPSA) is 76.6 Å². The SMILES string of the molecule is CCOC(=O)CN(C)S(=O)(=O)c1cccnc1. The zero-order valence-corrected chi connectivity index (χ0v) is 10.5. The maximum atomic E-state index is 12.0. The van der Waals surface area contributed by atoms with Gasteiger partial charge in [0.15, 0.2) is 0 Å². The van der Waals surface area contributed by atoms with Crippen molar-refractivity contribution in [2.24, 2.45) is 0 Å². The summed E-state index contributed by atoms with van der Waals surface area (Å²) >= 11 is 0. The number of likely N-dealkylation sites (N-methyl/N-ethyl adjacent to an activating group) is 1. The lowest BCUT2D eigenvalue weighted by Crippen LogP contribution is -2.33. The zero-order valence-electron chi connectivity index (χ0n) is 9.66. The molecule has 0 aliphatic heterocycles. The van der Waals surface area contributed by atoms with E-state index in [2.05, 4.69) is 9.72 Å². The highest BCUT2D eigenvalue weighted by Gasteiger charge is 2.23. The molecule has 0 N–H and O–H groups in total. The lowest BCUT2D eigenvalue weighted by atomic mass is 10.5. The highest BCUT2D eigenvalue weighted by atomic mass is 32.2. The van der Waals surface area contributed by atoms with Crippen LogP contribution in [0.4, 0.5) is 0 Å². The Hall–Kier alpha value is -1.47. The highest BCUT2D eigenvalue weighted by Crippen LogP contribution is 2.11. The number of pyridine rings is 1. The van der Waals surface area contributed by atoms with Crippen molar-refractivity contribution in [1.29, 1.82) is 0 Å². The highest BCUT2D eigenvalue weighted by molar-refractivity contribution is 7.89. The van der Waals surface area contributed by atoms with E-state index in [1.807, 2.05) is 0 Å². The lowest BCUT2D eigenvalue weighted by Gasteiger charge is -2.15. The second-order valence-electron chi connectivity index (χ2n) is 3.25. The van der Waals surface area contributed by atoms with E-state index in [9.17, 15) is 13.2 Å². The van der Waals surface area contributed by atoms with Crippen molar-refractivity contribution in [3.8, 4) is 0 Å². The number of rotatable bonds is 5. The van der Waals surface area contributed by atoms with Gasteiger partial charge < -0.3 is 4.74 Å². The van der Waals surface area contributed by atoms with E-state index in [0.29, 0.717) is 0 Å². The molecule has 1 heterocycles. The Morgan fingerprint density at radius 2 is 2.24 bits per heavy atom. The van der Waals surface area contributed by atoms with Gasteiger partial charge in [-0.2, -0.15) is 4.31 Å². The second-order valence-corrected chi connectivity index (χ2v) is 5.30. The molecule has 0 aliphatic carbocycles. The number of esters is 1. The molecule has 0 unspecified atom stereocenters. The molecule has 0 amide bonds. The van der Waals surface area contributed by atoms with Gasteiger partial charge >= 0.3 is 5.97 Å². The third kappa shape index (κ3) is 3.50. The summed E-state index contributed by atoms with van der Waals surface area (Å²) in [6.07, 6.45) is 2.71. The fourth-order valence-corrected chi connectivity index (χ4v) is 2.23. The Labute approximate surface area is 100 Å². The second kappa shape index (κ2) is 5.74. The Bertz CT molecular complexity index is 472. The quantitative estimate of drug-likeness (QED) is 0.708. The molecule has 0 spiro atoms. The normalized spacial score (nSPS) is 11.5. The Morgan fingerprint density at radius 3 is 2.76 bits per heavy atom. The van der Waals surface area contributed by atoms with Crippen LogP contribution in [0.25, 0.3) is 0 Å². The van der Waals surface area contributed by atoms with Gasteiger partial charge in [-0.15, -0.1) is 0 Å². The molecule has 0 saturated carbocycles. The third-order valence-electron chi connectivity index (χ3n) is 2.00. The molecule has 7 heteroatoms. The summed E-state index contributed by atoms with van der Waals surface area (Å²) < 4.78 is 29.5. The standard InChI is InChI=1S/C10H14N2O4S/c1-3-16-10(13)8-12(2)17(14,15)9-5-4-6-11-7-9/h4-7H,3,8H2,1-2H3. The maximum Gasteiger partial charge on any atom is 0.321 e. The maximum absolute atomic E-state index is 12.0. The number of carbonyl (C=O) groups excluding carboxylic acids is 1. The van der Waals surface area contributed by atoms with Gasteiger partial charge in [-0.25, -0.2) is 8.42 Å². The van der Waals surface area contributed by atoms with Crippen LogP contribution in [0.2, 0.25) is 0 Å². The zero-order chi connectivity index (χ0) is 12.9. The largest absolute Gasteiger partial charge is 0.465 e. The van der Waals surface area contributed by atoms with Gasteiger partial charge in [0, 0.05) is 19.4 Å². The molecule has 0 radical (unpaired) electrons. The first-order valence-corrected chi connectivity index (χ1v) is 6.44. The summed E-state index contributed by atoms with van der Waals surface area (Å²) in [6.45, 7) is 1.57. The van der Waals surface area contributed by atoms with Crippen molar-refractivity contribution in [3.63, 3.8) is 0 Å². The van der Waals surface area contributed by atoms with Crippen LogP contribution >= 0.6 is 0 Å². The number of sulfonamides is 1. The Morgan fingerprint density at radius 1 is 1.53 bits per heavy atom. The molecular weight excluding hydrogens is 244 g/mol. The van der Waals surface area contributed by atoms with Gasteiger partial charge in [-0.1, -0.05) is 0 Å². The third-order valence-corrected chi connectivity index (χ3v) is 3.79. The molecule has 0 bridgehead atoms. The first-order chi connectivity index (χ1) is 7.98. The first kappa shape index (κ1) is 13.6. The molecular formula is C10H14N2O4S. The molecule has 1 rings (SSSR count). The van der Waals surface area contributed by atoms with Crippen LogP contribution in [-0.4, -0.2) is 43.9 Å². The van der Waals surface area contributed by atoms with Crippen molar-refractivity contribution in [2.45, 2.75) is 11.8 Å². The van der Waals surface area contributed by atoms with Crippen molar-refractivity contribution < 1.29 is 17.9 Å². The van der Waals surface area contributed by atoms with Crippen LogP contribution in [0.3, 0.4) is 0 Å². The van der Waals surface area contributed by atoms with Crippen LogP contribution < -0.4 is 0 Å². The molecule has 0 fully saturated rings. The number of hydrogen-bond donors (Lipinski definition) is 0. The van der Waals surface area contributed by atoms with Crippen molar-refractivity contribution in [3.05, 3.63) is 24.5 Å². The van der Waals surface area contributed by atoms with Gasteiger partial charge in [-0.05, 0) is 19.1 Å². The van der Waals surface area contributed by atoms with Crippen LogP contribution in [-0.2, 0) is 19.6 Å². The minimum atomic E-state index is -3.68. The van der Waals surface area contributed by atoms with Crippen molar-refractivity contribution in [1.82, 2.24) is 9.29 Å². The van der Waals surface area contributed by atoms with E-state index < -0.39 is 16.0 Å². The first-order valence-electron chi connectivity index (χ1n) is 5.00. The van der Waals surface area contributed by atoms with Gasteiger partial charge in [-0.3, -0.25) is 9.78 Å². The minimum absolute atomic E-state index is 0.0480. The van der Waals surface area contributed by atoms with E-state index in [-0.39, 0.29) is 18.0 Å². The predicted octanol–water partition coefficient (Wildman–Crippen LogP) is 0.265. The van der Waals surface area contributed by atoms with Crippen LogP contribution in [0.15, 0.2) is 29.4 Å². The Balaban J connectivity index is 2.82. The van der Waals surface area contributed by atoms with E-state index >= 15 is 0 Å². The molecule has 1 aromatic heterocycles. The van der Waals surface area contributed by atoms with Gasteiger partial charge in [0.05, 0.1) is 6.61 Å². The fraction of sp³-hybridized carbons (Fsp3) is 0.400. The summed E-state index contributed by atoms with van der Waals surface area (Å²) in [5.74, 6) is -0.581. The van der Waals surface area contributed by atoms with Crippen LogP contribution in [0.1, 0.15) is 6.92 Å². The van der Waals surface area contributed by atoms with Crippen molar-refractivity contribution >= 4 is 16.0 Å². The average molecular weight is 258 g/mol. The number of nitrogens with zero attached hydrogens (tertiary/aromatic N) is 2. The lowest BCUT2D eigenvalue weighted by molar-refractivity contribution is -0.143. The van der Waals surface area contributed by atoms with E-state index in [1.165, 1.54) is 31.6 Å². The van der Waals surface area contributed by atoms with Gasteiger partial charge in [0.2, 0.25) is 10.0 Å². The monoisotopic (exact) mass is 258 g/mol. The number of ether oxygens (including phenoxy) is 1. The summed E-state index contributed by atoms with van der Waals surface area (Å²) in [5.41, 5.74) is 0. The minimum Gasteiger partial charge on any atom is -0.465 e. The van der Waals surface area contributed by atoms with Crippen LogP contribution in [0, 0.1) is 0 Å². The van der Waals surface area contributed by atoms with Gasteiger partial charge in [0.25, 0.3) is 0 Å². The fourth-order valence-electron chi connectivity index (χ4n) is 1.15. The number of carbonyl (C=O) groups is 1. The van der Waals surface area contributed by atoms with E-state index in [4.69, 9.17) is 0 Å². The summed E-state index contributed by atoms with van der Waals surface area (Å²) in [6, 6.07) is 2.94. The van der Waals surface area contributed by atoms with Crippen molar-refractivity contribution in [2.75, 3.05) is 20.2 Å². The molecule has 94 valence electrons. The number of aromatic nitrogens is 1. The van der Waals surface area contributed by atoms with Gasteiger partial charge in [0.1, 0.15) is 11.4 Å². The summed E-state index contributed by atoms with van der Waals surface area (Å²) in [5, 5.41) is 0. The predicted molar refractivity (Wildman–Crippen MR) is 60.7 cm³/mol. The number of hydrogen-bond acceptors (Lipinski definition) is 5. The summed E-state index contributed by atoms with van der Waals surface area (Å²) in [4.78, 5) is 15.0. The Kier molecular flexibility index (Phi) is 4.59. The summed E-state index contributed by atoms with van der Waals surface area (Å²) in [7, 11) is -2.36.